The number of piperazine rings is 1. The van der Waals surface area contributed by atoms with E-state index in [0.717, 1.165) is 31.9 Å². The molecule has 0 aliphatic carbocycles. The first-order valence-corrected chi connectivity index (χ1v) is 6.00. The van der Waals surface area contributed by atoms with Crippen LogP contribution in [-0.4, -0.2) is 47.0 Å². The normalized spacial score (nSPS) is 16.3. The minimum absolute atomic E-state index is 0.0517. The zero-order chi connectivity index (χ0) is 12.3. The number of hydrogen-bond acceptors (Lipinski definition) is 4. The summed E-state index contributed by atoms with van der Waals surface area (Å²) in [6.45, 7) is 7.30. The van der Waals surface area contributed by atoms with Gasteiger partial charge in [0.25, 0.3) is 5.91 Å². The molecule has 2 rings (SSSR count). The molecule has 1 saturated heterocycles. The monoisotopic (exact) mass is 234 g/mol. The van der Waals surface area contributed by atoms with Gasteiger partial charge in [-0.15, -0.1) is 0 Å². The minimum atomic E-state index is 0.0517. The molecule has 1 aliphatic rings. The van der Waals surface area contributed by atoms with Gasteiger partial charge in [-0.05, 0) is 5.92 Å². The van der Waals surface area contributed by atoms with Crippen molar-refractivity contribution in [2.24, 2.45) is 0 Å². The van der Waals surface area contributed by atoms with Crippen LogP contribution in [0.4, 0.5) is 0 Å². The summed E-state index contributed by atoms with van der Waals surface area (Å²) in [5.74, 6) is 0.288. The highest BCUT2D eigenvalue weighted by Gasteiger charge is 2.22. The molecule has 0 bridgehead atoms. The Morgan fingerprint density at radius 3 is 2.76 bits per heavy atom. The first kappa shape index (κ1) is 12.0. The fraction of sp³-hybridized carbons (Fsp3) is 0.583. The van der Waals surface area contributed by atoms with Crippen molar-refractivity contribution in [2.75, 3.05) is 26.2 Å². The molecule has 1 N–H and O–H groups in total. The van der Waals surface area contributed by atoms with Gasteiger partial charge in [0.15, 0.2) is 0 Å². The van der Waals surface area contributed by atoms with E-state index in [2.05, 4.69) is 15.3 Å². The molecule has 0 unspecified atom stereocenters. The van der Waals surface area contributed by atoms with E-state index in [1.807, 2.05) is 18.7 Å². The topological polar surface area (TPSA) is 58.1 Å². The van der Waals surface area contributed by atoms with Gasteiger partial charge in [0, 0.05) is 32.4 Å². The van der Waals surface area contributed by atoms with Gasteiger partial charge in [0.2, 0.25) is 0 Å². The van der Waals surface area contributed by atoms with Gasteiger partial charge >= 0.3 is 0 Å². The number of amides is 1. The van der Waals surface area contributed by atoms with Crippen molar-refractivity contribution in [2.45, 2.75) is 19.8 Å². The molecule has 1 aromatic heterocycles. The Hall–Kier alpha value is -1.49. The lowest BCUT2D eigenvalue weighted by Crippen LogP contribution is -2.46. The van der Waals surface area contributed by atoms with Crippen molar-refractivity contribution < 1.29 is 4.79 Å². The Bertz CT molecular complexity index is 399. The van der Waals surface area contributed by atoms with E-state index >= 15 is 0 Å². The number of aromatic nitrogens is 2. The average molecular weight is 234 g/mol. The number of carbonyl (C=O) groups is 1. The van der Waals surface area contributed by atoms with E-state index in [1.54, 1.807) is 6.20 Å². The summed E-state index contributed by atoms with van der Waals surface area (Å²) in [4.78, 5) is 22.4. The second-order valence-corrected chi connectivity index (χ2v) is 4.52. The SMILES string of the molecule is CC(C)c1ncncc1C(=O)N1CCNCC1. The van der Waals surface area contributed by atoms with Gasteiger partial charge < -0.3 is 10.2 Å². The van der Waals surface area contributed by atoms with E-state index in [1.165, 1.54) is 6.33 Å². The van der Waals surface area contributed by atoms with E-state index in [4.69, 9.17) is 0 Å². The molecule has 1 aromatic rings. The first-order chi connectivity index (χ1) is 8.20. The molecule has 1 fully saturated rings. The predicted octanol–water partition coefficient (Wildman–Crippen LogP) is 0.645. The molecular weight excluding hydrogens is 216 g/mol. The van der Waals surface area contributed by atoms with Gasteiger partial charge in [-0.1, -0.05) is 13.8 Å². The summed E-state index contributed by atoms with van der Waals surface area (Å²) < 4.78 is 0. The third kappa shape index (κ3) is 2.61. The molecule has 5 nitrogen and oxygen atoms in total. The van der Waals surface area contributed by atoms with Crippen LogP contribution in [0.5, 0.6) is 0 Å². The predicted molar refractivity (Wildman–Crippen MR) is 64.9 cm³/mol. The number of hydrogen-bond donors (Lipinski definition) is 1. The first-order valence-electron chi connectivity index (χ1n) is 6.00. The van der Waals surface area contributed by atoms with E-state index < -0.39 is 0 Å². The maximum absolute atomic E-state index is 12.3. The van der Waals surface area contributed by atoms with Gasteiger partial charge in [0.1, 0.15) is 6.33 Å². The van der Waals surface area contributed by atoms with Gasteiger partial charge in [-0.25, -0.2) is 9.97 Å². The van der Waals surface area contributed by atoms with E-state index in [-0.39, 0.29) is 11.8 Å². The number of nitrogens with one attached hydrogen (secondary N) is 1. The van der Waals surface area contributed by atoms with E-state index in [9.17, 15) is 4.79 Å². The van der Waals surface area contributed by atoms with Gasteiger partial charge in [0.05, 0.1) is 11.3 Å². The lowest BCUT2D eigenvalue weighted by molar-refractivity contribution is 0.0733. The Morgan fingerprint density at radius 1 is 1.41 bits per heavy atom. The van der Waals surface area contributed by atoms with Crippen molar-refractivity contribution in [1.29, 1.82) is 0 Å². The quantitative estimate of drug-likeness (QED) is 0.816. The molecule has 17 heavy (non-hydrogen) atoms. The van der Waals surface area contributed by atoms with E-state index in [0.29, 0.717) is 5.56 Å². The zero-order valence-corrected chi connectivity index (χ0v) is 10.3. The van der Waals surface area contributed by atoms with Crippen LogP contribution in [0.3, 0.4) is 0 Å². The number of nitrogens with zero attached hydrogens (tertiary/aromatic N) is 3. The Morgan fingerprint density at radius 2 is 2.12 bits per heavy atom. The Kier molecular flexibility index (Phi) is 3.68. The van der Waals surface area contributed by atoms with Crippen molar-refractivity contribution in [3.63, 3.8) is 0 Å². The van der Waals surface area contributed by atoms with Crippen LogP contribution in [0.25, 0.3) is 0 Å². The van der Waals surface area contributed by atoms with Crippen LogP contribution in [0, 0.1) is 0 Å². The molecule has 2 heterocycles. The second-order valence-electron chi connectivity index (χ2n) is 4.52. The molecule has 5 heteroatoms. The highest BCUT2D eigenvalue weighted by atomic mass is 16.2. The smallest absolute Gasteiger partial charge is 0.257 e. The van der Waals surface area contributed by atoms with Crippen LogP contribution in [0.15, 0.2) is 12.5 Å². The molecule has 0 radical (unpaired) electrons. The molecule has 0 aromatic carbocycles. The molecular formula is C12H18N4O. The highest BCUT2D eigenvalue weighted by molar-refractivity contribution is 5.95. The summed E-state index contributed by atoms with van der Waals surface area (Å²) in [6, 6.07) is 0. The summed E-state index contributed by atoms with van der Waals surface area (Å²) in [5, 5.41) is 3.23. The van der Waals surface area contributed by atoms with Crippen molar-refractivity contribution in [3.8, 4) is 0 Å². The summed E-state index contributed by atoms with van der Waals surface area (Å²) >= 11 is 0. The number of carbonyl (C=O) groups excluding carboxylic acids is 1. The zero-order valence-electron chi connectivity index (χ0n) is 10.3. The molecule has 0 saturated carbocycles. The fourth-order valence-electron chi connectivity index (χ4n) is 2.00. The van der Waals surface area contributed by atoms with Crippen molar-refractivity contribution in [3.05, 3.63) is 23.8 Å². The lowest BCUT2D eigenvalue weighted by Gasteiger charge is -2.28. The standard InChI is InChI=1S/C12H18N4O/c1-9(2)11-10(7-14-8-15-11)12(17)16-5-3-13-4-6-16/h7-9,13H,3-6H2,1-2H3. The molecule has 1 amide bonds. The minimum Gasteiger partial charge on any atom is -0.336 e. The average Bonchev–Trinajstić information content (AvgIpc) is 2.39. The largest absolute Gasteiger partial charge is 0.336 e. The molecule has 0 atom stereocenters. The summed E-state index contributed by atoms with van der Waals surface area (Å²) in [5.41, 5.74) is 1.48. The second kappa shape index (κ2) is 5.23. The maximum Gasteiger partial charge on any atom is 0.257 e. The van der Waals surface area contributed by atoms with Crippen LogP contribution in [0.1, 0.15) is 35.8 Å². The van der Waals surface area contributed by atoms with Crippen LogP contribution >= 0.6 is 0 Å². The van der Waals surface area contributed by atoms with Crippen LogP contribution < -0.4 is 5.32 Å². The van der Waals surface area contributed by atoms with Crippen molar-refractivity contribution in [1.82, 2.24) is 20.2 Å². The molecule has 0 spiro atoms. The molecule has 92 valence electrons. The van der Waals surface area contributed by atoms with Gasteiger partial charge in [-0.3, -0.25) is 4.79 Å². The van der Waals surface area contributed by atoms with Crippen molar-refractivity contribution >= 4 is 5.91 Å². The highest BCUT2D eigenvalue weighted by Crippen LogP contribution is 2.17. The summed E-state index contributed by atoms with van der Waals surface area (Å²) in [6.07, 6.45) is 3.14. The third-order valence-electron chi connectivity index (χ3n) is 2.92. The summed E-state index contributed by atoms with van der Waals surface area (Å²) in [7, 11) is 0. The maximum atomic E-state index is 12.3. The Labute approximate surface area is 101 Å². The number of rotatable bonds is 2. The lowest BCUT2D eigenvalue weighted by atomic mass is 10.0. The Balaban J connectivity index is 2.23. The van der Waals surface area contributed by atoms with Crippen LogP contribution in [0.2, 0.25) is 0 Å². The molecule has 1 aliphatic heterocycles. The third-order valence-corrected chi connectivity index (χ3v) is 2.92. The fourth-order valence-corrected chi connectivity index (χ4v) is 2.00. The van der Waals surface area contributed by atoms with Crippen LogP contribution in [-0.2, 0) is 0 Å². The van der Waals surface area contributed by atoms with Gasteiger partial charge in [-0.2, -0.15) is 0 Å².